The van der Waals surface area contributed by atoms with Gasteiger partial charge in [0.05, 0.1) is 16.8 Å². The number of amides is 2. The Kier molecular flexibility index (Phi) is 5.73. The summed E-state index contributed by atoms with van der Waals surface area (Å²) in [5, 5.41) is 14.3. The Morgan fingerprint density at radius 3 is 2.39 bits per heavy atom. The fourth-order valence-electron chi connectivity index (χ4n) is 2.46. The highest BCUT2D eigenvalue weighted by molar-refractivity contribution is 14.1. The highest BCUT2D eigenvalue weighted by Gasteiger charge is 2.11. The molecule has 0 unspecified atom stereocenters. The monoisotopic (exact) mass is 490 g/mol. The summed E-state index contributed by atoms with van der Waals surface area (Å²) in [4.78, 5) is 39.2. The van der Waals surface area contributed by atoms with Crippen LogP contribution in [0.5, 0.6) is 0 Å². The molecule has 0 saturated carbocycles. The molecule has 0 aliphatic heterocycles. The molecule has 3 N–H and O–H groups in total. The maximum atomic E-state index is 12.6. The number of carboxylic acid groups (broad SMARTS) is 1. The topological polar surface area (TPSA) is 117 Å². The summed E-state index contributed by atoms with van der Waals surface area (Å²) in [5.74, 6) is -1.05. The fourth-order valence-corrected chi connectivity index (χ4v) is 2.82. The summed E-state index contributed by atoms with van der Waals surface area (Å²) in [6.07, 6.45) is 1.21. The van der Waals surface area contributed by atoms with E-state index in [1.54, 1.807) is 6.92 Å². The Bertz CT molecular complexity index is 1110. The number of carbonyl (C=O) groups excluding carboxylic acids is 1. The third-order valence-electron chi connectivity index (χ3n) is 3.90. The zero-order valence-electron chi connectivity index (χ0n) is 14.6. The average molecular weight is 490 g/mol. The third-order valence-corrected chi connectivity index (χ3v) is 4.62. The van der Waals surface area contributed by atoms with Gasteiger partial charge in [0.1, 0.15) is 0 Å². The van der Waals surface area contributed by atoms with E-state index in [1.165, 1.54) is 35.2 Å². The highest BCUT2D eigenvalue weighted by Crippen LogP contribution is 2.11. The van der Waals surface area contributed by atoms with Crippen LogP contribution in [0.3, 0.4) is 0 Å². The molecular weight excluding hydrogens is 475 g/mol. The molecule has 0 bridgehead atoms. The summed E-state index contributed by atoms with van der Waals surface area (Å²) < 4.78 is 2.43. The van der Waals surface area contributed by atoms with E-state index in [0.717, 1.165) is 3.57 Å². The first kappa shape index (κ1) is 19.5. The Morgan fingerprint density at radius 2 is 1.79 bits per heavy atom. The minimum absolute atomic E-state index is 0.112. The molecule has 0 aliphatic rings. The zero-order chi connectivity index (χ0) is 20.3. The van der Waals surface area contributed by atoms with Crippen LogP contribution in [-0.4, -0.2) is 33.1 Å². The molecule has 142 valence electrons. The van der Waals surface area contributed by atoms with Gasteiger partial charge in [-0.05, 0) is 78.0 Å². The lowest BCUT2D eigenvalue weighted by molar-refractivity contribution is 0.0697. The Morgan fingerprint density at radius 1 is 1.14 bits per heavy atom. The van der Waals surface area contributed by atoms with Crippen molar-refractivity contribution in [2.24, 2.45) is 4.99 Å². The molecule has 3 rings (SSSR count). The van der Waals surface area contributed by atoms with E-state index in [2.05, 4.69) is 38.0 Å². The molecule has 0 spiro atoms. The molecule has 0 radical (unpaired) electrons. The number of carboxylic acids is 1. The van der Waals surface area contributed by atoms with E-state index in [9.17, 15) is 14.4 Å². The molecule has 28 heavy (non-hydrogen) atoms. The van der Waals surface area contributed by atoms with Gasteiger partial charge >= 0.3 is 12.0 Å². The average Bonchev–Trinajstić information content (AvgIpc) is 2.95. The van der Waals surface area contributed by atoms with Gasteiger partial charge in [-0.1, -0.05) is 0 Å². The first-order valence-corrected chi connectivity index (χ1v) is 9.19. The number of hydrogen-bond acceptors (Lipinski definition) is 3. The van der Waals surface area contributed by atoms with Crippen molar-refractivity contribution >= 4 is 46.5 Å². The zero-order valence-corrected chi connectivity index (χ0v) is 16.8. The van der Waals surface area contributed by atoms with Crippen LogP contribution in [0.15, 0.2) is 58.3 Å². The minimum Gasteiger partial charge on any atom is -0.478 e. The number of nitrogens with zero attached hydrogens (tertiary/aromatic N) is 2. The molecule has 9 heteroatoms. The van der Waals surface area contributed by atoms with E-state index in [-0.39, 0.29) is 16.7 Å². The van der Waals surface area contributed by atoms with Gasteiger partial charge in [0.25, 0.3) is 5.56 Å². The number of aromatic nitrogens is 2. The number of urea groups is 1. The Balaban J connectivity index is 1.76. The van der Waals surface area contributed by atoms with Gasteiger partial charge in [0.2, 0.25) is 0 Å². The van der Waals surface area contributed by atoms with Crippen LogP contribution < -0.4 is 10.9 Å². The van der Waals surface area contributed by atoms with Gasteiger partial charge in [0, 0.05) is 21.2 Å². The number of aliphatic imine (C=N–C) groups is 1. The van der Waals surface area contributed by atoms with Crippen molar-refractivity contribution < 1.29 is 14.7 Å². The molecule has 0 aliphatic carbocycles. The summed E-state index contributed by atoms with van der Waals surface area (Å²) in [5.41, 5.74) is 1.72. The largest absolute Gasteiger partial charge is 0.478 e. The van der Waals surface area contributed by atoms with Crippen LogP contribution in [0, 0.1) is 10.5 Å². The van der Waals surface area contributed by atoms with Gasteiger partial charge in [-0.3, -0.25) is 9.89 Å². The summed E-state index contributed by atoms with van der Waals surface area (Å²) in [6.45, 7) is 1.72. The number of aromatic amines is 1. The highest BCUT2D eigenvalue weighted by atomic mass is 127. The molecular formula is C19H15IN4O4. The predicted molar refractivity (Wildman–Crippen MR) is 114 cm³/mol. The van der Waals surface area contributed by atoms with Gasteiger partial charge in [-0.15, -0.1) is 0 Å². The van der Waals surface area contributed by atoms with E-state index in [4.69, 9.17) is 5.11 Å². The summed E-state index contributed by atoms with van der Waals surface area (Å²) in [7, 11) is 0. The standard InChI is InChI=1S/C19H15IN4O4/c1-11-16(17(25)24(23-11)15-8-4-13(20)5-9-15)10-21-19(28)22-14-6-2-12(3-7-14)18(26)27/h2-10,23H,1H3,(H,22,28)(H,26,27)/b21-10+. The summed E-state index contributed by atoms with van der Waals surface area (Å²) >= 11 is 2.18. The lowest BCUT2D eigenvalue weighted by atomic mass is 10.2. The van der Waals surface area contributed by atoms with E-state index < -0.39 is 12.0 Å². The maximum absolute atomic E-state index is 12.6. The number of H-pyrrole nitrogens is 1. The Hall–Kier alpha value is -3.21. The SMILES string of the molecule is Cc1[nH]n(-c2ccc(I)cc2)c(=O)c1/C=N/C(=O)Nc1ccc(C(=O)O)cc1. The van der Waals surface area contributed by atoms with Crippen LogP contribution in [0.1, 0.15) is 21.6 Å². The molecule has 1 heterocycles. The number of aromatic carboxylic acids is 1. The molecule has 0 atom stereocenters. The number of rotatable bonds is 4. The number of hydrogen-bond donors (Lipinski definition) is 3. The molecule has 3 aromatic rings. The summed E-state index contributed by atoms with van der Waals surface area (Å²) in [6, 6.07) is 12.4. The van der Waals surface area contributed by atoms with Crippen molar-refractivity contribution in [2.45, 2.75) is 6.92 Å². The van der Waals surface area contributed by atoms with Crippen molar-refractivity contribution in [3.63, 3.8) is 0 Å². The molecule has 2 amide bonds. The van der Waals surface area contributed by atoms with Crippen molar-refractivity contribution in [3.8, 4) is 5.69 Å². The maximum Gasteiger partial charge on any atom is 0.345 e. The molecule has 0 saturated heterocycles. The Labute approximate surface area is 173 Å². The number of halogens is 1. The van der Waals surface area contributed by atoms with Gasteiger partial charge in [-0.25, -0.2) is 19.3 Å². The van der Waals surface area contributed by atoms with Gasteiger partial charge in [-0.2, -0.15) is 0 Å². The second kappa shape index (κ2) is 8.21. The van der Waals surface area contributed by atoms with Crippen molar-refractivity contribution in [3.05, 3.63) is 79.3 Å². The molecule has 2 aromatic carbocycles. The van der Waals surface area contributed by atoms with Crippen molar-refractivity contribution in [1.29, 1.82) is 0 Å². The van der Waals surface area contributed by atoms with E-state index >= 15 is 0 Å². The van der Waals surface area contributed by atoms with E-state index in [1.807, 2.05) is 24.3 Å². The minimum atomic E-state index is -1.05. The van der Waals surface area contributed by atoms with Crippen LogP contribution >= 0.6 is 22.6 Å². The number of nitrogens with one attached hydrogen (secondary N) is 2. The van der Waals surface area contributed by atoms with Crippen LogP contribution in [0.2, 0.25) is 0 Å². The molecule has 8 nitrogen and oxygen atoms in total. The first-order chi connectivity index (χ1) is 13.3. The number of carbonyl (C=O) groups is 2. The molecule has 0 fully saturated rings. The quantitative estimate of drug-likeness (QED) is 0.384. The molecule has 1 aromatic heterocycles. The fraction of sp³-hybridized carbons (Fsp3) is 0.0526. The van der Waals surface area contributed by atoms with Crippen molar-refractivity contribution in [1.82, 2.24) is 9.78 Å². The van der Waals surface area contributed by atoms with Crippen molar-refractivity contribution in [2.75, 3.05) is 5.32 Å². The van der Waals surface area contributed by atoms with Gasteiger partial charge < -0.3 is 10.4 Å². The van der Waals surface area contributed by atoms with Crippen LogP contribution in [-0.2, 0) is 0 Å². The normalized spacial score (nSPS) is 10.9. The number of aryl methyl sites for hydroxylation is 1. The number of anilines is 1. The lowest BCUT2D eigenvalue weighted by Crippen LogP contribution is -2.17. The first-order valence-electron chi connectivity index (χ1n) is 8.11. The second-order valence-corrected chi connectivity index (χ2v) is 7.08. The predicted octanol–water partition coefficient (Wildman–Crippen LogP) is 3.43. The van der Waals surface area contributed by atoms with E-state index in [0.29, 0.717) is 17.1 Å². The van der Waals surface area contributed by atoms with Crippen LogP contribution in [0.25, 0.3) is 5.69 Å². The second-order valence-electron chi connectivity index (χ2n) is 5.84. The number of benzene rings is 2. The lowest BCUT2D eigenvalue weighted by Gasteiger charge is -2.01. The van der Waals surface area contributed by atoms with Gasteiger partial charge in [0.15, 0.2) is 0 Å². The van der Waals surface area contributed by atoms with Crippen LogP contribution in [0.4, 0.5) is 10.5 Å². The third kappa shape index (κ3) is 4.36. The smallest absolute Gasteiger partial charge is 0.345 e.